The highest BCUT2D eigenvalue weighted by Gasteiger charge is 2.29. The summed E-state index contributed by atoms with van der Waals surface area (Å²) in [5.74, 6) is 0.732. The van der Waals surface area contributed by atoms with Crippen LogP contribution >= 0.6 is 10.6 Å². The predicted octanol–water partition coefficient (Wildman–Crippen LogP) is 4.25. The summed E-state index contributed by atoms with van der Waals surface area (Å²) in [4.78, 5) is 15.2. The molecule has 1 aromatic heterocycles. The van der Waals surface area contributed by atoms with E-state index in [1.54, 1.807) is 0 Å². The van der Waals surface area contributed by atoms with E-state index in [1.165, 1.54) is 0 Å². The SMILES string of the molecule is NC(=O)c1cc(-c2ccccc2)cc2c(CC3CCS(O)(O)C3)c[nH]c12. The Balaban J connectivity index is 1.78. The van der Waals surface area contributed by atoms with Crippen LogP contribution in [0.1, 0.15) is 22.3 Å². The highest BCUT2D eigenvalue weighted by atomic mass is 32.3. The second-order valence-electron chi connectivity index (χ2n) is 7.02. The summed E-state index contributed by atoms with van der Waals surface area (Å²) in [7, 11) is -2.41. The number of benzene rings is 2. The minimum absolute atomic E-state index is 0.247. The Kier molecular flexibility index (Phi) is 4.26. The highest BCUT2D eigenvalue weighted by molar-refractivity contribution is 8.24. The van der Waals surface area contributed by atoms with Crippen LogP contribution < -0.4 is 5.73 Å². The molecule has 6 heteroatoms. The van der Waals surface area contributed by atoms with Gasteiger partial charge in [-0.3, -0.25) is 13.9 Å². The van der Waals surface area contributed by atoms with Crippen LogP contribution in [-0.4, -0.2) is 31.5 Å². The number of amides is 1. The molecule has 5 N–H and O–H groups in total. The van der Waals surface area contributed by atoms with Crippen LogP contribution in [0.2, 0.25) is 0 Å². The largest absolute Gasteiger partial charge is 0.366 e. The van der Waals surface area contributed by atoms with E-state index in [0.29, 0.717) is 17.1 Å². The minimum Gasteiger partial charge on any atom is -0.366 e. The van der Waals surface area contributed by atoms with Gasteiger partial charge in [-0.2, -0.15) is 10.6 Å². The molecule has 1 amide bonds. The first-order valence-corrected chi connectivity index (χ1v) is 10.5. The van der Waals surface area contributed by atoms with Crippen molar-refractivity contribution >= 4 is 27.4 Å². The van der Waals surface area contributed by atoms with E-state index in [0.717, 1.165) is 40.4 Å². The normalized spacial score (nSPS) is 20.3. The zero-order valence-corrected chi connectivity index (χ0v) is 15.1. The van der Waals surface area contributed by atoms with Crippen LogP contribution in [0.25, 0.3) is 22.0 Å². The summed E-state index contributed by atoms with van der Waals surface area (Å²) in [5.41, 5.74) is 9.90. The van der Waals surface area contributed by atoms with E-state index < -0.39 is 16.5 Å². The monoisotopic (exact) mass is 370 g/mol. The summed E-state index contributed by atoms with van der Waals surface area (Å²) >= 11 is 0. The molecule has 0 spiro atoms. The van der Waals surface area contributed by atoms with Crippen LogP contribution in [0.15, 0.2) is 48.7 Å². The number of carbonyl (C=O) groups is 1. The predicted molar refractivity (Wildman–Crippen MR) is 107 cm³/mol. The Morgan fingerprint density at radius 1 is 1.19 bits per heavy atom. The third-order valence-corrected chi connectivity index (χ3v) is 7.01. The molecule has 0 saturated carbocycles. The fourth-order valence-electron chi connectivity index (χ4n) is 3.82. The van der Waals surface area contributed by atoms with Crippen molar-refractivity contribution in [2.75, 3.05) is 11.5 Å². The van der Waals surface area contributed by atoms with E-state index >= 15 is 0 Å². The second-order valence-corrected chi connectivity index (χ2v) is 9.37. The summed E-state index contributed by atoms with van der Waals surface area (Å²) in [5, 5.41) is 0.975. The molecule has 136 valence electrons. The molecule has 2 heterocycles. The molecule has 1 fully saturated rings. The van der Waals surface area contributed by atoms with Crippen molar-refractivity contribution in [3.8, 4) is 11.1 Å². The third-order valence-electron chi connectivity index (χ3n) is 5.11. The highest BCUT2D eigenvalue weighted by Crippen LogP contribution is 2.49. The van der Waals surface area contributed by atoms with Gasteiger partial charge in [0.1, 0.15) is 0 Å². The standard InChI is InChI=1S/C20H22N2O3S/c21-20(23)18-10-15(14-4-2-1-3-5-14)9-17-16(11-22-19(17)18)8-13-6-7-26(24,25)12-13/h1-5,9-11,13,22,24-25H,6-8,12H2,(H2,21,23). The first-order valence-electron chi connectivity index (χ1n) is 8.66. The molecule has 1 atom stereocenters. The van der Waals surface area contributed by atoms with Gasteiger partial charge in [0.05, 0.1) is 11.1 Å². The smallest absolute Gasteiger partial charge is 0.250 e. The van der Waals surface area contributed by atoms with Crippen LogP contribution in [0.3, 0.4) is 0 Å². The fraction of sp³-hybridized carbons (Fsp3) is 0.250. The van der Waals surface area contributed by atoms with Crippen molar-refractivity contribution in [3.63, 3.8) is 0 Å². The van der Waals surface area contributed by atoms with E-state index in [1.807, 2.05) is 42.6 Å². The van der Waals surface area contributed by atoms with Gasteiger partial charge in [-0.25, -0.2) is 0 Å². The summed E-state index contributed by atoms with van der Waals surface area (Å²) < 4.78 is 19.8. The quantitative estimate of drug-likeness (QED) is 0.552. The Morgan fingerprint density at radius 2 is 1.96 bits per heavy atom. The first kappa shape index (κ1) is 17.1. The van der Waals surface area contributed by atoms with Crippen molar-refractivity contribution in [2.24, 2.45) is 11.7 Å². The lowest BCUT2D eigenvalue weighted by molar-refractivity contribution is 0.100. The number of H-pyrrole nitrogens is 1. The van der Waals surface area contributed by atoms with Crippen molar-refractivity contribution < 1.29 is 13.9 Å². The number of carbonyl (C=O) groups excluding carboxylic acids is 1. The van der Waals surface area contributed by atoms with Crippen LogP contribution in [0, 0.1) is 5.92 Å². The first-order chi connectivity index (χ1) is 12.4. The number of hydrogen-bond acceptors (Lipinski definition) is 3. The van der Waals surface area contributed by atoms with Gasteiger partial charge in [0.2, 0.25) is 0 Å². The Morgan fingerprint density at radius 3 is 2.62 bits per heavy atom. The van der Waals surface area contributed by atoms with Gasteiger partial charge in [-0.15, -0.1) is 0 Å². The molecular weight excluding hydrogens is 348 g/mol. The third kappa shape index (κ3) is 3.23. The Bertz CT molecular complexity index is 966. The average molecular weight is 370 g/mol. The molecular formula is C20H22N2O3S. The van der Waals surface area contributed by atoms with E-state index in [4.69, 9.17) is 5.73 Å². The number of fused-ring (bicyclic) bond motifs is 1. The lowest BCUT2D eigenvalue weighted by Crippen LogP contribution is -2.11. The number of hydrogen-bond donors (Lipinski definition) is 4. The molecule has 0 aliphatic carbocycles. The number of nitrogens with one attached hydrogen (secondary N) is 1. The van der Waals surface area contributed by atoms with Gasteiger partial charge in [0.15, 0.2) is 0 Å². The molecule has 5 nitrogen and oxygen atoms in total. The molecule has 4 rings (SSSR count). The van der Waals surface area contributed by atoms with Gasteiger partial charge in [0.25, 0.3) is 5.91 Å². The molecule has 1 aliphatic heterocycles. The molecule has 3 aromatic rings. The maximum Gasteiger partial charge on any atom is 0.250 e. The van der Waals surface area contributed by atoms with Gasteiger partial charge < -0.3 is 10.7 Å². The van der Waals surface area contributed by atoms with Crippen molar-refractivity contribution in [1.82, 2.24) is 4.98 Å². The molecule has 2 aromatic carbocycles. The van der Waals surface area contributed by atoms with Crippen molar-refractivity contribution in [2.45, 2.75) is 12.8 Å². The van der Waals surface area contributed by atoms with Crippen LogP contribution in [0.5, 0.6) is 0 Å². The summed E-state index contributed by atoms with van der Waals surface area (Å²) in [6, 6.07) is 13.8. The van der Waals surface area contributed by atoms with Crippen LogP contribution in [-0.2, 0) is 6.42 Å². The second kappa shape index (κ2) is 6.46. The fourth-order valence-corrected chi connectivity index (χ4v) is 5.74. The molecule has 1 saturated heterocycles. The Labute approximate surface area is 153 Å². The lowest BCUT2D eigenvalue weighted by atomic mass is 9.95. The van der Waals surface area contributed by atoms with Gasteiger partial charge in [-0.05, 0) is 47.6 Å². The average Bonchev–Trinajstić information content (AvgIpc) is 3.18. The number of primary amides is 1. The van der Waals surface area contributed by atoms with Crippen molar-refractivity contribution in [3.05, 3.63) is 59.8 Å². The maximum absolute atomic E-state index is 12.0. The van der Waals surface area contributed by atoms with Crippen molar-refractivity contribution in [1.29, 1.82) is 0 Å². The maximum atomic E-state index is 12.0. The molecule has 0 radical (unpaired) electrons. The lowest BCUT2D eigenvalue weighted by Gasteiger charge is -2.26. The van der Waals surface area contributed by atoms with Gasteiger partial charge >= 0.3 is 0 Å². The van der Waals surface area contributed by atoms with Gasteiger partial charge in [-0.1, -0.05) is 30.3 Å². The van der Waals surface area contributed by atoms with Gasteiger partial charge in [0, 0.05) is 23.1 Å². The zero-order valence-electron chi connectivity index (χ0n) is 14.3. The van der Waals surface area contributed by atoms with Crippen LogP contribution in [0.4, 0.5) is 0 Å². The minimum atomic E-state index is -2.41. The number of rotatable bonds is 4. The molecule has 1 unspecified atom stereocenters. The summed E-state index contributed by atoms with van der Waals surface area (Å²) in [6.07, 6.45) is 3.48. The van der Waals surface area contributed by atoms with E-state index in [9.17, 15) is 13.9 Å². The number of nitrogens with two attached hydrogens (primary N) is 1. The van der Waals surface area contributed by atoms with E-state index in [2.05, 4.69) is 11.1 Å². The number of aromatic amines is 1. The molecule has 1 aliphatic rings. The Hall–Kier alpha value is -2.28. The summed E-state index contributed by atoms with van der Waals surface area (Å²) in [6.45, 7) is 0. The van der Waals surface area contributed by atoms with E-state index in [-0.39, 0.29) is 5.92 Å². The zero-order chi connectivity index (χ0) is 18.3. The topological polar surface area (TPSA) is 99.3 Å². The number of aromatic nitrogens is 1. The molecule has 0 bridgehead atoms. The molecule has 26 heavy (non-hydrogen) atoms.